The molecule has 2 heterocycles. The van der Waals surface area contributed by atoms with E-state index in [9.17, 15) is 0 Å². The minimum Gasteiger partial charge on any atom is -0.354 e. The van der Waals surface area contributed by atoms with E-state index < -0.39 is 0 Å². The molecule has 0 N–H and O–H groups in total. The topological polar surface area (TPSA) is 34.6 Å². The molecule has 0 amide bonds. The average Bonchev–Trinajstić information content (AvgIpc) is 2.94. The van der Waals surface area contributed by atoms with Crippen molar-refractivity contribution in [1.29, 1.82) is 0 Å². The fraction of sp³-hybridized carbons (Fsp3) is 0.697. The molecule has 0 radical (unpaired) electrons. The van der Waals surface area contributed by atoms with Crippen LogP contribution in [0, 0.1) is 11.8 Å². The highest BCUT2D eigenvalue weighted by Gasteiger charge is 2.04. The smallest absolute Gasteiger partial charge is 0.0603 e. The van der Waals surface area contributed by atoms with Crippen molar-refractivity contribution in [3.8, 4) is 0 Å². The van der Waals surface area contributed by atoms with Gasteiger partial charge in [0, 0.05) is 51.0 Å². The van der Waals surface area contributed by atoms with Crippen molar-refractivity contribution in [2.24, 2.45) is 21.8 Å². The molecular formula is C33H58Br2N4. The fourth-order valence-electron chi connectivity index (χ4n) is 4.83. The van der Waals surface area contributed by atoms with Crippen LogP contribution in [-0.2, 0) is 13.1 Å². The second kappa shape index (κ2) is 24.6. The summed E-state index contributed by atoms with van der Waals surface area (Å²) in [6, 6.07) is 8.71. The first-order chi connectivity index (χ1) is 18.2. The molecule has 2 aromatic heterocycles. The van der Waals surface area contributed by atoms with Crippen LogP contribution in [-0.4, -0.2) is 22.2 Å². The molecule has 0 spiro atoms. The third kappa shape index (κ3) is 17.3. The van der Waals surface area contributed by atoms with Gasteiger partial charge in [-0.05, 0) is 61.8 Å². The molecule has 0 aliphatic rings. The average molecular weight is 671 g/mol. The lowest BCUT2D eigenvalue weighted by atomic mass is 10.00. The summed E-state index contributed by atoms with van der Waals surface area (Å²) >= 11 is 0. The van der Waals surface area contributed by atoms with Crippen LogP contribution in [0.1, 0.15) is 111 Å². The van der Waals surface area contributed by atoms with Crippen molar-refractivity contribution >= 4 is 34.0 Å². The number of hydrogen-bond acceptors (Lipinski definition) is 2. The van der Waals surface area contributed by atoms with E-state index in [1.54, 1.807) is 0 Å². The number of pyridine rings is 2. The number of halogens is 2. The number of nitrogens with zero attached hydrogens (tertiary/aromatic N) is 4. The first-order valence-corrected chi connectivity index (χ1v) is 15.5. The van der Waals surface area contributed by atoms with Gasteiger partial charge in [0.25, 0.3) is 0 Å². The van der Waals surface area contributed by atoms with Crippen LogP contribution in [0.4, 0.5) is 0 Å². The van der Waals surface area contributed by atoms with E-state index in [0.717, 1.165) is 48.7 Å². The van der Waals surface area contributed by atoms with Crippen molar-refractivity contribution < 1.29 is 0 Å². The highest BCUT2D eigenvalue weighted by molar-refractivity contribution is 8.93. The van der Waals surface area contributed by atoms with E-state index in [0.29, 0.717) is 0 Å². The Morgan fingerprint density at radius 2 is 0.897 bits per heavy atom. The minimum atomic E-state index is 0. The maximum atomic E-state index is 4.84. The van der Waals surface area contributed by atoms with Gasteiger partial charge in [0.1, 0.15) is 0 Å². The van der Waals surface area contributed by atoms with Gasteiger partial charge in [0.15, 0.2) is 0 Å². The lowest BCUT2D eigenvalue weighted by Gasteiger charge is -2.11. The third-order valence-electron chi connectivity index (χ3n) is 7.73. The molecule has 6 heteroatoms. The predicted octanol–water partition coefficient (Wildman–Crippen LogP) is 9.33. The van der Waals surface area contributed by atoms with Crippen LogP contribution in [0.5, 0.6) is 0 Å². The van der Waals surface area contributed by atoms with E-state index in [1.165, 1.54) is 83.5 Å². The maximum absolute atomic E-state index is 4.84. The summed E-state index contributed by atoms with van der Waals surface area (Å²) in [6.45, 7) is 13.3. The molecule has 0 aliphatic carbocycles. The van der Waals surface area contributed by atoms with Crippen molar-refractivity contribution in [3.63, 3.8) is 0 Å². The molecule has 2 rings (SSSR count). The maximum Gasteiger partial charge on any atom is 0.0603 e. The quantitative estimate of drug-likeness (QED) is 0.126. The van der Waals surface area contributed by atoms with E-state index in [2.05, 4.69) is 85.9 Å². The van der Waals surface area contributed by atoms with Crippen LogP contribution in [0.25, 0.3) is 0 Å². The SMILES string of the molecule is Br.Br.CCCCC(CC)CN=c1ccn(CCCCCCCn2ccc(=NCC(CC)CCCC)cc2)cc1. The number of rotatable bonds is 20. The van der Waals surface area contributed by atoms with Crippen molar-refractivity contribution in [3.05, 3.63) is 59.8 Å². The van der Waals surface area contributed by atoms with Crippen LogP contribution in [0.3, 0.4) is 0 Å². The largest absolute Gasteiger partial charge is 0.354 e. The van der Waals surface area contributed by atoms with Gasteiger partial charge in [0.2, 0.25) is 0 Å². The number of unbranched alkanes of at least 4 members (excludes halogenated alkanes) is 6. The van der Waals surface area contributed by atoms with E-state index >= 15 is 0 Å². The van der Waals surface area contributed by atoms with E-state index in [4.69, 9.17) is 9.98 Å². The molecule has 4 nitrogen and oxygen atoms in total. The molecule has 0 fully saturated rings. The Morgan fingerprint density at radius 3 is 1.23 bits per heavy atom. The molecule has 224 valence electrons. The molecule has 2 unspecified atom stereocenters. The highest BCUT2D eigenvalue weighted by Crippen LogP contribution is 2.13. The fourth-order valence-corrected chi connectivity index (χ4v) is 4.83. The lowest BCUT2D eigenvalue weighted by Crippen LogP contribution is -2.10. The Labute approximate surface area is 261 Å². The number of aromatic nitrogens is 2. The first-order valence-electron chi connectivity index (χ1n) is 15.5. The van der Waals surface area contributed by atoms with Crippen molar-refractivity contribution in [1.82, 2.24) is 9.13 Å². The normalized spacial score (nSPS) is 12.2. The summed E-state index contributed by atoms with van der Waals surface area (Å²) in [7, 11) is 0. The molecular weight excluding hydrogens is 612 g/mol. The van der Waals surface area contributed by atoms with Crippen LogP contribution >= 0.6 is 34.0 Å². The molecule has 0 saturated carbocycles. The Hall–Kier alpha value is -1.14. The highest BCUT2D eigenvalue weighted by atomic mass is 79.9. The summed E-state index contributed by atoms with van der Waals surface area (Å²) in [5.74, 6) is 1.47. The lowest BCUT2D eigenvalue weighted by molar-refractivity contribution is 0.459. The van der Waals surface area contributed by atoms with Crippen LogP contribution in [0.15, 0.2) is 59.0 Å². The first kappa shape index (κ1) is 37.9. The van der Waals surface area contributed by atoms with Gasteiger partial charge in [-0.15, -0.1) is 34.0 Å². The van der Waals surface area contributed by atoms with Crippen molar-refractivity contribution in [2.75, 3.05) is 13.1 Å². The van der Waals surface area contributed by atoms with Crippen molar-refractivity contribution in [2.45, 2.75) is 124 Å². The van der Waals surface area contributed by atoms with Gasteiger partial charge in [-0.2, -0.15) is 0 Å². The molecule has 39 heavy (non-hydrogen) atoms. The zero-order valence-electron chi connectivity index (χ0n) is 25.4. The van der Waals surface area contributed by atoms with Gasteiger partial charge in [-0.1, -0.05) is 85.5 Å². The Kier molecular flexibility index (Phi) is 23.9. The molecule has 0 aliphatic heterocycles. The summed E-state index contributed by atoms with van der Waals surface area (Å²) in [5.41, 5.74) is 0. The summed E-state index contributed by atoms with van der Waals surface area (Å²) < 4.78 is 4.62. The van der Waals surface area contributed by atoms with Gasteiger partial charge >= 0.3 is 0 Å². The summed E-state index contributed by atoms with van der Waals surface area (Å²) in [6.07, 6.45) is 25.5. The summed E-state index contributed by atoms with van der Waals surface area (Å²) in [5, 5.41) is 2.25. The van der Waals surface area contributed by atoms with Crippen LogP contribution < -0.4 is 10.7 Å². The molecule has 0 saturated heterocycles. The Balaban J connectivity index is 0.00000722. The zero-order chi connectivity index (χ0) is 26.6. The Bertz CT molecular complexity index is 848. The van der Waals surface area contributed by atoms with Gasteiger partial charge in [-0.3, -0.25) is 9.98 Å². The predicted molar refractivity (Wildman–Crippen MR) is 180 cm³/mol. The van der Waals surface area contributed by atoms with Gasteiger partial charge < -0.3 is 9.13 Å². The molecule has 2 aromatic rings. The zero-order valence-corrected chi connectivity index (χ0v) is 28.8. The molecule has 2 atom stereocenters. The van der Waals surface area contributed by atoms with Crippen LogP contribution in [0.2, 0.25) is 0 Å². The molecule has 0 aromatic carbocycles. The third-order valence-corrected chi connectivity index (χ3v) is 7.73. The number of aryl methyl sites for hydroxylation is 2. The van der Waals surface area contributed by atoms with E-state index in [1.807, 2.05) is 0 Å². The minimum absolute atomic E-state index is 0. The summed E-state index contributed by atoms with van der Waals surface area (Å²) in [4.78, 5) is 9.68. The monoisotopic (exact) mass is 668 g/mol. The van der Waals surface area contributed by atoms with Gasteiger partial charge in [-0.25, -0.2) is 0 Å². The number of hydrogen-bond donors (Lipinski definition) is 0. The van der Waals surface area contributed by atoms with Gasteiger partial charge in [0.05, 0.1) is 10.7 Å². The Morgan fingerprint density at radius 1 is 0.538 bits per heavy atom. The molecule has 0 bridgehead atoms. The second-order valence-electron chi connectivity index (χ2n) is 10.9. The standard InChI is InChI=1S/C33H56N4.2BrH/c1-5-9-16-30(7-3)28-34-32-18-24-36(25-19-32)22-14-12-11-13-15-23-37-26-20-33(21-27-37)35-29-31(8-4)17-10-6-2;;/h18-21,24-27,30-31H,5-17,22-23,28-29H2,1-4H3;2*1H. The second-order valence-corrected chi connectivity index (χ2v) is 10.9. The van der Waals surface area contributed by atoms with E-state index in [-0.39, 0.29) is 34.0 Å².